The summed E-state index contributed by atoms with van der Waals surface area (Å²) in [5, 5.41) is 0. The topological polar surface area (TPSA) is 33.6 Å². The lowest BCUT2D eigenvalue weighted by Crippen LogP contribution is -2.21. The van der Waals surface area contributed by atoms with E-state index in [0.717, 1.165) is 5.82 Å². The summed E-state index contributed by atoms with van der Waals surface area (Å²) in [5.74, 6) is 1.08. The van der Waals surface area contributed by atoms with Gasteiger partial charge in [0.25, 0.3) is 0 Å². The van der Waals surface area contributed by atoms with E-state index in [1.165, 1.54) is 11.3 Å². The second-order valence-electron chi connectivity index (χ2n) is 7.30. The maximum absolute atomic E-state index is 4.15. The molecule has 0 spiro atoms. The third-order valence-corrected chi connectivity index (χ3v) is 3.25. The number of aromatic nitrogens is 3. The Bertz CT molecular complexity index is 483. The normalized spacial score (nSPS) is 11.4. The monoisotopic (exact) mass is 291 g/mol. The van der Waals surface area contributed by atoms with Gasteiger partial charge in [-0.1, -0.05) is 28.2 Å². The molecule has 0 atom stereocenters. The first kappa shape index (κ1) is 19.5. The average molecular weight is 291 g/mol. The van der Waals surface area contributed by atoms with Crippen LogP contribution in [0, 0.1) is 13.8 Å². The standard InChI is InChI=1S/C9H15N.C8H14N2.CH4/c1-7-5-6-10-8(7)9(2,3)4;1-7-9-5-6-10(7)8(2,3)4;/h5-6,10H,1-4H3;5-6H,1-4H3;1H4. The van der Waals surface area contributed by atoms with Crippen molar-refractivity contribution in [3.63, 3.8) is 0 Å². The summed E-state index contributed by atoms with van der Waals surface area (Å²) in [6, 6.07) is 2.11. The van der Waals surface area contributed by atoms with Crippen molar-refractivity contribution in [1.82, 2.24) is 14.5 Å². The van der Waals surface area contributed by atoms with E-state index < -0.39 is 0 Å². The van der Waals surface area contributed by atoms with Crippen molar-refractivity contribution in [1.29, 1.82) is 0 Å². The van der Waals surface area contributed by atoms with Crippen LogP contribution in [0.1, 0.15) is 66.1 Å². The van der Waals surface area contributed by atoms with Gasteiger partial charge in [-0.05, 0) is 46.2 Å². The lowest BCUT2D eigenvalue weighted by Gasteiger charge is -2.21. The van der Waals surface area contributed by atoms with Crippen LogP contribution in [0.3, 0.4) is 0 Å². The number of nitrogens with zero attached hydrogens (tertiary/aromatic N) is 2. The zero-order chi connectivity index (χ0) is 15.6. The van der Waals surface area contributed by atoms with Crippen molar-refractivity contribution in [3.05, 3.63) is 41.7 Å². The molecule has 2 aromatic heterocycles. The van der Waals surface area contributed by atoms with E-state index in [1.807, 2.05) is 25.5 Å². The van der Waals surface area contributed by atoms with E-state index in [4.69, 9.17) is 0 Å². The zero-order valence-electron chi connectivity index (χ0n) is 14.2. The van der Waals surface area contributed by atoms with E-state index in [1.54, 1.807) is 0 Å². The van der Waals surface area contributed by atoms with Crippen molar-refractivity contribution in [3.8, 4) is 0 Å². The molecule has 2 heterocycles. The quantitative estimate of drug-likeness (QED) is 0.711. The molecule has 0 bridgehead atoms. The lowest BCUT2D eigenvalue weighted by atomic mass is 9.90. The van der Waals surface area contributed by atoms with Gasteiger partial charge in [0.05, 0.1) is 0 Å². The van der Waals surface area contributed by atoms with E-state index >= 15 is 0 Å². The van der Waals surface area contributed by atoms with Gasteiger partial charge in [-0.25, -0.2) is 4.98 Å². The van der Waals surface area contributed by atoms with Gasteiger partial charge >= 0.3 is 0 Å². The molecule has 2 rings (SSSR count). The van der Waals surface area contributed by atoms with Crippen LogP contribution in [0.5, 0.6) is 0 Å². The molecule has 0 aliphatic heterocycles. The summed E-state index contributed by atoms with van der Waals surface area (Å²) in [5.41, 5.74) is 3.12. The minimum atomic E-state index is 0. The summed E-state index contributed by atoms with van der Waals surface area (Å²) in [7, 11) is 0. The average Bonchev–Trinajstić information content (AvgIpc) is 2.85. The molecular weight excluding hydrogens is 258 g/mol. The van der Waals surface area contributed by atoms with Gasteiger partial charge in [0.15, 0.2) is 0 Å². The summed E-state index contributed by atoms with van der Waals surface area (Å²) in [6.07, 6.45) is 5.84. The Morgan fingerprint density at radius 2 is 1.62 bits per heavy atom. The van der Waals surface area contributed by atoms with Gasteiger partial charge in [-0.15, -0.1) is 0 Å². The van der Waals surface area contributed by atoms with Crippen molar-refractivity contribution < 1.29 is 0 Å². The van der Waals surface area contributed by atoms with E-state index in [-0.39, 0.29) is 18.4 Å². The van der Waals surface area contributed by atoms with Crippen LogP contribution in [0.25, 0.3) is 0 Å². The van der Waals surface area contributed by atoms with Crippen LogP contribution in [0.4, 0.5) is 0 Å². The molecule has 3 heteroatoms. The van der Waals surface area contributed by atoms with E-state index in [9.17, 15) is 0 Å². The number of nitrogens with one attached hydrogen (secondary N) is 1. The Balaban J connectivity index is 0.000000364. The number of rotatable bonds is 0. The van der Waals surface area contributed by atoms with Crippen LogP contribution < -0.4 is 0 Å². The molecule has 0 unspecified atom stereocenters. The molecule has 2 aromatic rings. The van der Waals surface area contributed by atoms with Crippen LogP contribution in [-0.4, -0.2) is 14.5 Å². The molecule has 1 N–H and O–H groups in total. The third-order valence-electron chi connectivity index (χ3n) is 3.25. The molecule has 0 aliphatic rings. The Morgan fingerprint density at radius 1 is 1.05 bits per heavy atom. The molecule has 0 saturated heterocycles. The first-order valence-electron chi connectivity index (χ1n) is 7.18. The second kappa shape index (κ2) is 6.97. The minimum Gasteiger partial charge on any atom is -0.364 e. The first-order chi connectivity index (χ1) is 9.03. The highest BCUT2D eigenvalue weighted by molar-refractivity contribution is 5.24. The lowest BCUT2D eigenvalue weighted by molar-refractivity contribution is 0.388. The molecule has 21 heavy (non-hydrogen) atoms. The number of hydrogen-bond acceptors (Lipinski definition) is 1. The number of imidazole rings is 1. The summed E-state index contributed by atoms with van der Waals surface area (Å²) < 4.78 is 2.16. The van der Waals surface area contributed by atoms with Crippen molar-refractivity contribution in [2.45, 2.75) is 73.8 Å². The zero-order valence-corrected chi connectivity index (χ0v) is 14.2. The number of aromatic amines is 1. The van der Waals surface area contributed by atoms with Gasteiger partial charge in [0.1, 0.15) is 5.82 Å². The SMILES string of the molecule is C.Cc1cc[nH]c1C(C)(C)C.Cc1nccn1C(C)(C)C. The van der Waals surface area contributed by atoms with Gasteiger partial charge in [-0.3, -0.25) is 0 Å². The van der Waals surface area contributed by atoms with Crippen LogP contribution in [0.15, 0.2) is 24.7 Å². The highest BCUT2D eigenvalue weighted by atomic mass is 15.1. The fraction of sp³-hybridized carbons (Fsp3) is 0.611. The fourth-order valence-corrected chi connectivity index (χ4v) is 2.34. The molecule has 0 aromatic carbocycles. The van der Waals surface area contributed by atoms with Crippen molar-refractivity contribution in [2.75, 3.05) is 0 Å². The molecule has 0 radical (unpaired) electrons. The van der Waals surface area contributed by atoms with Crippen molar-refractivity contribution >= 4 is 0 Å². The highest BCUT2D eigenvalue weighted by Gasteiger charge is 2.16. The van der Waals surface area contributed by atoms with Gasteiger partial charge < -0.3 is 9.55 Å². The third kappa shape index (κ3) is 5.41. The van der Waals surface area contributed by atoms with E-state index in [0.29, 0.717) is 0 Å². The van der Waals surface area contributed by atoms with Gasteiger partial charge in [-0.2, -0.15) is 0 Å². The molecule has 0 saturated carbocycles. The predicted molar refractivity (Wildman–Crippen MR) is 92.9 cm³/mol. The maximum atomic E-state index is 4.15. The van der Waals surface area contributed by atoms with E-state index in [2.05, 4.69) is 69.1 Å². The van der Waals surface area contributed by atoms with Crippen LogP contribution in [-0.2, 0) is 11.0 Å². The highest BCUT2D eigenvalue weighted by Crippen LogP contribution is 2.23. The molecule has 120 valence electrons. The number of hydrogen-bond donors (Lipinski definition) is 1. The summed E-state index contributed by atoms with van der Waals surface area (Å²) >= 11 is 0. The number of H-pyrrole nitrogens is 1. The fourth-order valence-electron chi connectivity index (χ4n) is 2.34. The first-order valence-corrected chi connectivity index (χ1v) is 7.18. The van der Waals surface area contributed by atoms with Crippen LogP contribution in [0.2, 0.25) is 0 Å². The summed E-state index contributed by atoms with van der Waals surface area (Å²) in [6.45, 7) is 17.3. The smallest absolute Gasteiger partial charge is 0.105 e. The molecule has 3 nitrogen and oxygen atoms in total. The van der Waals surface area contributed by atoms with Gasteiger partial charge in [0.2, 0.25) is 0 Å². The Morgan fingerprint density at radius 3 is 1.81 bits per heavy atom. The predicted octanol–water partition coefficient (Wildman–Crippen LogP) is 5.20. The molecule has 0 aliphatic carbocycles. The molecule has 0 fully saturated rings. The van der Waals surface area contributed by atoms with Gasteiger partial charge in [0, 0.05) is 35.2 Å². The maximum Gasteiger partial charge on any atom is 0.105 e. The summed E-state index contributed by atoms with van der Waals surface area (Å²) in [4.78, 5) is 7.39. The molecular formula is C18H33N3. The number of aryl methyl sites for hydroxylation is 2. The minimum absolute atomic E-state index is 0. The van der Waals surface area contributed by atoms with Crippen molar-refractivity contribution in [2.24, 2.45) is 0 Å². The second-order valence-corrected chi connectivity index (χ2v) is 7.30. The Hall–Kier alpha value is -1.51. The Kier molecular flexibility index (Phi) is 6.47. The largest absolute Gasteiger partial charge is 0.364 e. The Labute approximate surface area is 130 Å². The molecule has 0 amide bonds. The van der Waals surface area contributed by atoms with Crippen LogP contribution >= 0.6 is 0 Å².